The number of primary amides is 1. The molecule has 3 aliphatic carbocycles. The molecular weight excluding hydrogens is 590 g/mol. The van der Waals surface area contributed by atoms with E-state index in [0.29, 0.717) is 13.0 Å². The summed E-state index contributed by atoms with van der Waals surface area (Å²) in [5.74, 6) is -3.27. The number of nitrogens with zero attached hydrogens (tertiary/aromatic N) is 1. The minimum Gasteiger partial charge on any atom is -0.458 e. The Bertz CT molecular complexity index is 1230. The minimum absolute atomic E-state index is 0.0671. The van der Waals surface area contributed by atoms with Crippen molar-refractivity contribution in [2.24, 2.45) is 40.2 Å². The number of piperidine rings is 1. The summed E-state index contributed by atoms with van der Waals surface area (Å²) in [6, 6.07) is -4.46. The highest BCUT2D eigenvalue weighted by atomic mass is 16.6. The van der Waals surface area contributed by atoms with Gasteiger partial charge in [0.1, 0.15) is 23.7 Å². The van der Waals surface area contributed by atoms with Gasteiger partial charge in [-0.2, -0.15) is 0 Å². The number of hydrogen-bond acceptors (Lipinski definition) is 7. The number of ether oxygens (including phenoxy) is 1. The summed E-state index contributed by atoms with van der Waals surface area (Å²) < 4.78 is 5.63. The van der Waals surface area contributed by atoms with Crippen LogP contribution in [0.3, 0.4) is 0 Å². The molecule has 258 valence electrons. The number of fused-ring (bicyclic) bond motifs is 1. The molecule has 6 atom stereocenters. The third-order valence-corrected chi connectivity index (χ3v) is 10.6. The van der Waals surface area contributed by atoms with Crippen LogP contribution < -0.4 is 21.7 Å². The molecule has 5 N–H and O–H groups in total. The number of Topliss-reactive ketones (excluding diaryl/α,β-unsaturated/α-hetero) is 1. The molecule has 5 amide bonds. The van der Waals surface area contributed by atoms with Gasteiger partial charge in [-0.1, -0.05) is 66.7 Å². The molecular formula is C34H55N5O7. The van der Waals surface area contributed by atoms with Gasteiger partial charge < -0.3 is 31.3 Å². The average molecular weight is 646 g/mol. The molecule has 0 aromatic rings. The van der Waals surface area contributed by atoms with Crippen LogP contribution in [0.25, 0.3) is 0 Å². The smallest absolute Gasteiger partial charge is 0.329 e. The molecule has 2 unspecified atom stereocenters. The normalized spacial score (nSPS) is 26.2. The molecule has 12 nitrogen and oxygen atoms in total. The minimum atomic E-state index is -1.10. The summed E-state index contributed by atoms with van der Waals surface area (Å²) in [5, 5.41) is 8.44. The van der Waals surface area contributed by atoms with Crippen LogP contribution in [0.1, 0.15) is 107 Å². The predicted octanol–water partition coefficient (Wildman–Crippen LogP) is 2.81. The zero-order valence-corrected chi connectivity index (χ0v) is 28.9. The van der Waals surface area contributed by atoms with Crippen LogP contribution >= 0.6 is 0 Å². The highest BCUT2D eigenvalue weighted by Gasteiger charge is 2.70. The third-order valence-electron chi connectivity index (χ3n) is 10.6. The second kappa shape index (κ2) is 13.1. The van der Waals surface area contributed by atoms with Crippen LogP contribution in [0, 0.1) is 34.5 Å². The maximum absolute atomic E-state index is 14.3. The van der Waals surface area contributed by atoms with Crippen LogP contribution in [0.5, 0.6) is 0 Å². The largest absolute Gasteiger partial charge is 0.458 e. The standard InChI is InChI=1S/C34H55N5O7/c1-32(2,3)26(38-31(45)37-23(19-14-9-10-15-19)30(44)46-33(4,5)6)29(43)39-17-20-22(34(20,7)8)24(39)28(42)36-21(25(40)27(35)41)16-18-12-11-13-18/h18-24,26H,9-17H2,1-8H3,(H2,35,41)(H,36,42)(H2,37,38,45)/t20?,21?,22-,23-,24-,26+/m0/s1. The van der Waals surface area contributed by atoms with Crippen LogP contribution in [0.15, 0.2) is 0 Å². The number of rotatable bonds is 11. The number of nitrogens with two attached hydrogens (primary N) is 1. The number of likely N-dealkylation sites (tertiary alicyclic amines) is 1. The summed E-state index contributed by atoms with van der Waals surface area (Å²) in [6.45, 7) is 15.2. The Morgan fingerprint density at radius 2 is 1.50 bits per heavy atom. The number of urea groups is 1. The fourth-order valence-electron chi connectivity index (χ4n) is 7.69. The molecule has 0 bridgehead atoms. The molecule has 3 saturated carbocycles. The third kappa shape index (κ3) is 7.85. The average Bonchev–Trinajstić information content (AvgIpc) is 3.35. The van der Waals surface area contributed by atoms with Crippen molar-refractivity contribution >= 4 is 35.5 Å². The summed E-state index contributed by atoms with van der Waals surface area (Å²) in [7, 11) is 0. The Morgan fingerprint density at radius 3 is 2.00 bits per heavy atom. The second-order valence-electron chi connectivity index (χ2n) is 16.7. The van der Waals surface area contributed by atoms with Crippen molar-refractivity contribution in [3.8, 4) is 0 Å². The van der Waals surface area contributed by atoms with Gasteiger partial charge in [-0.15, -0.1) is 0 Å². The molecule has 4 rings (SSSR count). The number of ketones is 1. The van der Waals surface area contributed by atoms with Gasteiger partial charge in [-0.25, -0.2) is 9.59 Å². The highest BCUT2D eigenvalue weighted by molar-refractivity contribution is 6.37. The van der Waals surface area contributed by atoms with Gasteiger partial charge in [0, 0.05) is 6.54 Å². The van der Waals surface area contributed by atoms with Crippen LogP contribution in [-0.4, -0.2) is 76.7 Å². The molecule has 12 heteroatoms. The monoisotopic (exact) mass is 645 g/mol. The van der Waals surface area contributed by atoms with E-state index < -0.39 is 70.7 Å². The number of nitrogens with one attached hydrogen (secondary N) is 3. The maximum atomic E-state index is 14.3. The summed E-state index contributed by atoms with van der Waals surface area (Å²) in [5.41, 5.74) is 3.66. The van der Waals surface area contributed by atoms with E-state index in [2.05, 4.69) is 29.8 Å². The van der Waals surface area contributed by atoms with Gasteiger partial charge in [0.25, 0.3) is 5.91 Å². The van der Waals surface area contributed by atoms with Crippen molar-refractivity contribution in [2.75, 3.05) is 6.54 Å². The topological polar surface area (TPSA) is 177 Å². The van der Waals surface area contributed by atoms with E-state index in [1.165, 1.54) is 4.90 Å². The van der Waals surface area contributed by atoms with Crippen LogP contribution in [0.2, 0.25) is 0 Å². The van der Waals surface area contributed by atoms with Crippen molar-refractivity contribution in [2.45, 2.75) is 137 Å². The van der Waals surface area contributed by atoms with E-state index in [-0.39, 0.29) is 29.1 Å². The quantitative estimate of drug-likeness (QED) is 0.197. The Hall–Kier alpha value is -3.18. The fourth-order valence-corrected chi connectivity index (χ4v) is 7.69. The molecule has 1 saturated heterocycles. The van der Waals surface area contributed by atoms with Gasteiger partial charge in [0.05, 0.1) is 6.04 Å². The van der Waals surface area contributed by atoms with E-state index in [0.717, 1.165) is 44.9 Å². The Labute approximate surface area is 273 Å². The molecule has 0 radical (unpaired) electrons. The zero-order chi connectivity index (χ0) is 34.4. The first kappa shape index (κ1) is 35.7. The van der Waals surface area contributed by atoms with Crippen LogP contribution in [0.4, 0.5) is 4.79 Å². The van der Waals surface area contributed by atoms with E-state index in [1.54, 1.807) is 20.8 Å². The molecule has 4 fully saturated rings. The van der Waals surface area contributed by atoms with Gasteiger partial charge in [0.15, 0.2) is 0 Å². The van der Waals surface area contributed by atoms with Crippen molar-refractivity contribution in [1.82, 2.24) is 20.9 Å². The zero-order valence-electron chi connectivity index (χ0n) is 28.9. The molecule has 4 aliphatic rings. The Balaban J connectivity index is 1.53. The van der Waals surface area contributed by atoms with E-state index in [9.17, 15) is 28.8 Å². The number of esters is 1. The lowest BCUT2D eigenvalue weighted by molar-refractivity contribution is -0.158. The van der Waals surface area contributed by atoms with Crippen molar-refractivity contribution in [3.05, 3.63) is 0 Å². The van der Waals surface area contributed by atoms with E-state index in [4.69, 9.17) is 10.5 Å². The molecule has 46 heavy (non-hydrogen) atoms. The predicted molar refractivity (Wildman–Crippen MR) is 171 cm³/mol. The van der Waals surface area contributed by atoms with E-state index >= 15 is 0 Å². The molecule has 1 aliphatic heterocycles. The van der Waals surface area contributed by atoms with Crippen molar-refractivity contribution in [1.29, 1.82) is 0 Å². The highest BCUT2D eigenvalue weighted by Crippen LogP contribution is 2.65. The Morgan fingerprint density at radius 1 is 0.891 bits per heavy atom. The van der Waals surface area contributed by atoms with Crippen molar-refractivity contribution < 1.29 is 33.5 Å². The van der Waals surface area contributed by atoms with Gasteiger partial charge in [-0.05, 0) is 74.5 Å². The summed E-state index contributed by atoms with van der Waals surface area (Å²) in [4.78, 5) is 81.0. The van der Waals surface area contributed by atoms with Gasteiger partial charge in [-0.3, -0.25) is 19.2 Å². The molecule has 0 spiro atoms. The summed E-state index contributed by atoms with van der Waals surface area (Å²) >= 11 is 0. The fraction of sp³-hybridized carbons (Fsp3) is 0.824. The first-order chi connectivity index (χ1) is 21.2. The van der Waals surface area contributed by atoms with Gasteiger partial charge >= 0.3 is 12.0 Å². The lowest BCUT2D eigenvalue weighted by Crippen LogP contribution is -2.62. The van der Waals surface area contributed by atoms with Crippen LogP contribution in [-0.2, 0) is 28.7 Å². The summed E-state index contributed by atoms with van der Waals surface area (Å²) in [6.07, 6.45) is 6.69. The molecule has 0 aromatic heterocycles. The lowest BCUT2D eigenvalue weighted by Gasteiger charge is -2.38. The molecule has 0 aromatic carbocycles. The first-order valence-electron chi connectivity index (χ1n) is 17.0. The van der Waals surface area contributed by atoms with Crippen molar-refractivity contribution in [3.63, 3.8) is 0 Å². The Kier molecular flexibility index (Phi) is 10.2. The maximum Gasteiger partial charge on any atom is 0.329 e. The number of carbonyl (C=O) groups excluding carboxylic acids is 6. The SMILES string of the molecule is CC(C)(C)OC(=O)[C@@H](NC(=O)N[C@H](C(=O)N1CC2[C@@H]([C@H]1C(=O)NC(CC1CCC1)C(=O)C(N)=O)C2(C)C)C(C)(C)C)C1CCCC1. The number of carbonyl (C=O) groups is 6. The molecule has 1 heterocycles. The lowest BCUT2D eigenvalue weighted by atomic mass is 9.80. The van der Waals surface area contributed by atoms with E-state index in [1.807, 2.05) is 20.8 Å². The first-order valence-corrected chi connectivity index (χ1v) is 17.0. The number of amides is 5. The number of hydrogen-bond donors (Lipinski definition) is 4. The second-order valence-corrected chi connectivity index (χ2v) is 16.7. The van der Waals surface area contributed by atoms with Gasteiger partial charge in [0.2, 0.25) is 17.6 Å².